The standard InChI is InChI=1S/C15H16N2O4/c18-14-9(2-1-3-10(14)17(20)21)15(19)16-13-11-7-4-5-8(6-7)12(11)13/h1-3,7-8,11-13,18H,4-6H2,(H,16,19). The van der Waals surface area contributed by atoms with Crippen LogP contribution in [-0.4, -0.2) is 22.0 Å². The average Bonchev–Trinajstić information content (AvgIpc) is 2.83. The Morgan fingerprint density at radius 2 is 1.95 bits per heavy atom. The summed E-state index contributed by atoms with van der Waals surface area (Å²) in [5.41, 5.74) is -0.444. The third-order valence-corrected chi connectivity index (χ3v) is 5.49. The number of benzene rings is 1. The number of nitrogens with zero attached hydrogens (tertiary/aromatic N) is 1. The second kappa shape index (κ2) is 4.19. The third-order valence-electron chi connectivity index (χ3n) is 5.49. The van der Waals surface area contributed by atoms with E-state index in [4.69, 9.17) is 0 Å². The fourth-order valence-corrected chi connectivity index (χ4v) is 4.61. The van der Waals surface area contributed by atoms with Crippen LogP contribution in [0.25, 0.3) is 0 Å². The lowest BCUT2D eigenvalue weighted by molar-refractivity contribution is -0.385. The number of nitrogens with one attached hydrogen (secondary N) is 1. The number of hydrogen-bond acceptors (Lipinski definition) is 4. The van der Waals surface area contributed by atoms with Crippen LogP contribution in [0.15, 0.2) is 18.2 Å². The third kappa shape index (κ3) is 1.74. The number of rotatable bonds is 3. The summed E-state index contributed by atoms with van der Waals surface area (Å²) in [4.78, 5) is 22.4. The summed E-state index contributed by atoms with van der Waals surface area (Å²) >= 11 is 0. The molecule has 1 aromatic rings. The van der Waals surface area contributed by atoms with Gasteiger partial charge in [0.05, 0.1) is 10.5 Å². The highest BCUT2D eigenvalue weighted by molar-refractivity contribution is 5.98. The topological polar surface area (TPSA) is 92.5 Å². The summed E-state index contributed by atoms with van der Waals surface area (Å²) in [5.74, 6) is 1.71. The molecule has 4 atom stereocenters. The van der Waals surface area contributed by atoms with Crippen LogP contribution in [-0.2, 0) is 0 Å². The molecule has 6 nitrogen and oxygen atoms in total. The van der Waals surface area contributed by atoms with Gasteiger partial charge in [-0.05, 0) is 49.0 Å². The van der Waals surface area contributed by atoms with Crippen LogP contribution in [0.4, 0.5) is 5.69 Å². The van der Waals surface area contributed by atoms with E-state index in [0.29, 0.717) is 11.8 Å². The Hall–Kier alpha value is -2.11. The fraction of sp³-hybridized carbons (Fsp3) is 0.533. The first kappa shape index (κ1) is 12.6. The van der Waals surface area contributed by atoms with Crippen molar-refractivity contribution in [3.05, 3.63) is 33.9 Å². The Balaban J connectivity index is 1.52. The number of amides is 1. The molecule has 4 unspecified atom stereocenters. The summed E-state index contributed by atoms with van der Waals surface area (Å²) in [6, 6.07) is 4.23. The van der Waals surface area contributed by atoms with E-state index in [2.05, 4.69) is 5.32 Å². The second-order valence-electron chi connectivity index (χ2n) is 6.42. The molecule has 1 amide bonds. The van der Waals surface area contributed by atoms with Crippen molar-refractivity contribution in [2.24, 2.45) is 23.7 Å². The molecule has 0 saturated heterocycles. The summed E-state index contributed by atoms with van der Waals surface area (Å²) in [7, 11) is 0. The van der Waals surface area contributed by atoms with Gasteiger partial charge in [0, 0.05) is 12.1 Å². The summed E-state index contributed by atoms with van der Waals surface area (Å²) in [5, 5.41) is 23.6. The van der Waals surface area contributed by atoms with Crippen molar-refractivity contribution in [2.75, 3.05) is 0 Å². The summed E-state index contributed by atoms with van der Waals surface area (Å²) in [6.45, 7) is 0. The predicted octanol–water partition coefficient (Wildman–Crippen LogP) is 2.07. The maximum atomic E-state index is 12.3. The van der Waals surface area contributed by atoms with Gasteiger partial charge in [-0.2, -0.15) is 0 Å². The fourth-order valence-electron chi connectivity index (χ4n) is 4.61. The monoisotopic (exact) mass is 288 g/mol. The van der Waals surface area contributed by atoms with Gasteiger partial charge in [-0.1, -0.05) is 6.07 Å². The molecular formula is C15H16N2O4. The lowest BCUT2D eigenvalue weighted by Gasteiger charge is -2.11. The molecule has 0 radical (unpaired) electrons. The smallest absolute Gasteiger partial charge is 0.311 e. The van der Waals surface area contributed by atoms with E-state index < -0.39 is 22.3 Å². The van der Waals surface area contributed by atoms with Crippen molar-refractivity contribution >= 4 is 11.6 Å². The van der Waals surface area contributed by atoms with Gasteiger partial charge in [-0.15, -0.1) is 0 Å². The van der Waals surface area contributed by atoms with Gasteiger partial charge in [-0.3, -0.25) is 14.9 Å². The van der Waals surface area contributed by atoms with Crippen molar-refractivity contribution in [3.8, 4) is 5.75 Å². The Labute approximate surface area is 121 Å². The summed E-state index contributed by atoms with van der Waals surface area (Å²) in [6.07, 6.45) is 3.82. The van der Waals surface area contributed by atoms with Gasteiger partial charge in [0.25, 0.3) is 5.91 Å². The highest BCUT2D eigenvalue weighted by atomic mass is 16.6. The van der Waals surface area contributed by atoms with Crippen LogP contribution < -0.4 is 5.32 Å². The van der Waals surface area contributed by atoms with Gasteiger partial charge in [0.2, 0.25) is 5.75 Å². The van der Waals surface area contributed by atoms with E-state index in [0.717, 1.165) is 11.8 Å². The maximum absolute atomic E-state index is 12.3. The van der Waals surface area contributed by atoms with Crippen molar-refractivity contribution < 1.29 is 14.8 Å². The van der Waals surface area contributed by atoms with Gasteiger partial charge in [0.15, 0.2) is 0 Å². The number of phenolic OH excluding ortho intramolecular Hbond substituents is 1. The van der Waals surface area contributed by atoms with Crippen molar-refractivity contribution in [1.29, 1.82) is 0 Å². The molecule has 1 aromatic carbocycles. The average molecular weight is 288 g/mol. The number of carbonyl (C=O) groups excluding carboxylic acids is 1. The minimum Gasteiger partial charge on any atom is -0.502 e. The first-order valence-corrected chi connectivity index (χ1v) is 7.35. The van der Waals surface area contributed by atoms with Crippen LogP contribution in [0.2, 0.25) is 0 Å². The summed E-state index contributed by atoms with van der Waals surface area (Å²) < 4.78 is 0. The maximum Gasteiger partial charge on any atom is 0.311 e. The molecule has 2 N–H and O–H groups in total. The zero-order valence-corrected chi connectivity index (χ0v) is 11.4. The molecule has 6 heteroatoms. The normalized spacial score (nSPS) is 35.3. The molecular weight excluding hydrogens is 272 g/mol. The van der Waals surface area contributed by atoms with Crippen molar-refractivity contribution in [3.63, 3.8) is 0 Å². The van der Waals surface area contributed by atoms with Gasteiger partial charge >= 0.3 is 5.69 Å². The highest BCUT2D eigenvalue weighted by Gasteiger charge is 2.65. The highest BCUT2D eigenvalue weighted by Crippen LogP contribution is 2.65. The SMILES string of the molecule is O=C(NC1C2C3CCC(C3)C12)c1cccc([N+](=O)[O-])c1O. The van der Waals surface area contributed by atoms with Crippen LogP contribution in [0.5, 0.6) is 5.75 Å². The zero-order chi connectivity index (χ0) is 14.7. The first-order chi connectivity index (χ1) is 10.1. The Kier molecular flexibility index (Phi) is 2.52. The minimum absolute atomic E-state index is 0.0125. The number of hydrogen-bond donors (Lipinski definition) is 2. The molecule has 4 rings (SSSR count). The number of nitro benzene ring substituents is 1. The lowest BCUT2D eigenvalue weighted by Crippen LogP contribution is -2.30. The number of phenols is 1. The molecule has 0 aromatic heterocycles. The van der Waals surface area contributed by atoms with E-state index in [9.17, 15) is 20.0 Å². The molecule has 3 fully saturated rings. The van der Waals surface area contributed by atoms with Crippen LogP contribution in [0, 0.1) is 33.8 Å². The van der Waals surface area contributed by atoms with E-state index in [-0.39, 0.29) is 11.6 Å². The molecule has 21 heavy (non-hydrogen) atoms. The van der Waals surface area contributed by atoms with Crippen molar-refractivity contribution in [1.82, 2.24) is 5.32 Å². The van der Waals surface area contributed by atoms with E-state index in [1.54, 1.807) is 0 Å². The van der Waals surface area contributed by atoms with Crippen LogP contribution >= 0.6 is 0 Å². The Bertz CT molecular complexity index is 629. The molecule has 0 aliphatic heterocycles. The molecule has 2 bridgehead atoms. The lowest BCUT2D eigenvalue weighted by atomic mass is 10.0. The van der Waals surface area contributed by atoms with E-state index in [1.807, 2.05) is 0 Å². The van der Waals surface area contributed by atoms with E-state index >= 15 is 0 Å². The number of nitro groups is 1. The largest absolute Gasteiger partial charge is 0.502 e. The number of fused-ring (bicyclic) bond motifs is 5. The first-order valence-electron chi connectivity index (χ1n) is 7.35. The number of carbonyl (C=O) groups is 1. The quantitative estimate of drug-likeness (QED) is 0.658. The predicted molar refractivity (Wildman–Crippen MR) is 73.8 cm³/mol. The molecule has 3 aliphatic rings. The molecule has 3 aliphatic carbocycles. The van der Waals surface area contributed by atoms with Gasteiger partial charge in [0.1, 0.15) is 0 Å². The van der Waals surface area contributed by atoms with Crippen molar-refractivity contribution in [2.45, 2.75) is 25.3 Å². The molecule has 0 spiro atoms. The van der Waals surface area contributed by atoms with Gasteiger partial charge in [-0.25, -0.2) is 0 Å². The minimum atomic E-state index is -0.682. The number of para-hydroxylation sites is 1. The van der Waals surface area contributed by atoms with Crippen LogP contribution in [0.1, 0.15) is 29.6 Å². The molecule has 0 heterocycles. The zero-order valence-electron chi connectivity index (χ0n) is 11.4. The molecule has 110 valence electrons. The van der Waals surface area contributed by atoms with Crippen LogP contribution in [0.3, 0.4) is 0 Å². The second-order valence-corrected chi connectivity index (χ2v) is 6.42. The number of aromatic hydroxyl groups is 1. The Morgan fingerprint density at radius 1 is 1.29 bits per heavy atom. The Morgan fingerprint density at radius 3 is 2.57 bits per heavy atom. The van der Waals surface area contributed by atoms with E-state index in [1.165, 1.54) is 37.5 Å². The van der Waals surface area contributed by atoms with Gasteiger partial charge < -0.3 is 10.4 Å². The molecule has 3 saturated carbocycles.